The van der Waals surface area contributed by atoms with E-state index in [2.05, 4.69) is 21.6 Å². The van der Waals surface area contributed by atoms with Crippen molar-refractivity contribution in [2.45, 2.75) is 44.1 Å². The van der Waals surface area contributed by atoms with Crippen LogP contribution in [-0.2, 0) is 12.8 Å². The number of amides is 1. The molecule has 2 aromatic carbocycles. The third-order valence-corrected chi connectivity index (χ3v) is 5.97. The first-order valence-corrected chi connectivity index (χ1v) is 11.0. The van der Waals surface area contributed by atoms with Gasteiger partial charge in [-0.2, -0.15) is 0 Å². The molecule has 0 aliphatic heterocycles. The number of carbonyl (C=O) groups excluding carboxylic acids is 1. The van der Waals surface area contributed by atoms with Gasteiger partial charge >= 0.3 is 6.09 Å². The highest BCUT2D eigenvalue weighted by molar-refractivity contribution is 6.30. The van der Waals surface area contributed by atoms with Gasteiger partial charge in [-0.15, -0.1) is 5.10 Å². The second-order valence-corrected chi connectivity index (χ2v) is 8.31. The topological polar surface area (TPSA) is 87.2 Å². The van der Waals surface area contributed by atoms with E-state index >= 15 is 0 Å². The number of hydrogen-bond donors (Lipinski definition) is 3. The fourth-order valence-corrected chi connectivity index (χ4v) is 4.41. The van der Waals surface area contributed by atoms with Gasteiger partial charge in [-0.1, -0.05) is 60.5 Å². The lowest BCUT2D eigenvalue weighted by Gasteiger charge is -2.16. The molecule has 1 aliphatic rings. The summed E-state index contributed by atoms with van der Waals surface area (Å²) in [5.74, 6) is 0.577. The van der Waals surface area contributed by atoms with Crippen LogP contribution in [0, 0.1) is 0 Å². The number of nitrogens with one attached hydrogen (secondary N) is 2. The molecule has 1 aromatic heterocycles. The molecule has 7 heteroatoms. The molecule has 0 unspecified atom stereocenters. The lowest BCUT2D eigenvalue weighted by atomic mass is 9.92. The van der Waals surface area contributed by atoms with Gasteiger partial charge in [0.15, 0.2) is 0 Å². The van der Waals surface area contributed by atoms with E-state index in [1.54, 1.807) is 0 Å². The lowest BCUT2D eigenvalue weighted by Crippen LogP contribution is -2.33. The highest BCUT2D eigenvalue weighted by atomic mass is 35.5. The van der Waals surface area contributed by atoms with E-state index in [1.807, 2.05) is 48.5 Å². The molecular weight excluding hydrogens is 414 g/mol. The number of aromatic nitrogens is 2. The van der Waals surface area contributed by atoms with Crippen LogP contribution < -0.4 is 10.1 Å². The van der Waals surface area contributed by atoms with Gasteiger partial charge in [0.2, 0.25) is 5.88 Å². The van der Waals surface area contributed by atoms with E-state index in [9.17, 15) is 9.90 Å². The van der Waals surface area contributed by atoms with Crippen LogP contribution >= 0.6 is 11.6 Å². The number of aliphatic hydroxyl groups is 1. The zero-order chi connectivity index (χ0) is 21.6. The summed E-state index contributed by atoms with van der Waals surface area (Å²) in [6, 6.07) is 16.7. The number of benzene rings is 2. The molecule has 4 rings (SSSR count). The van der Waals surface area contributed by atoms with Crippen LogP contribution in [0.2, 0.25) is 5.02 Å². The van der Waals surface area contributed by atoms with Crippen LogP contribution in [0.4, 0.5) is 4.79 Å². The fourth-order valence-electron chi connectivity index (χ4n) is 4.19. The highest BCUT2D eigenvalue weighted by Gasteiger charge is 2.26. The number of nitrogens with zero attached hydrogens (tertiary/aromatic N) is 1. The summed E-state index contributed by atoms with van der Waals surface area (Å²) >= 11 is 6.15. The zero-order valence-corrected chi connectivity index (χ0v) is 17.9. The van der Waals surface area contributed by atoms with E-state index in [-0.39, 0.29) is 12.5 Å². The molecule has 3 N–H and O–H groups in total. The smallest absolute Gasteiger partial charge is 0.394 e. The molecule has 0 saturated heterocycles. The Kier molecular flexibility index (Phi) is 6.89. The van der Waals surface area contributed by atoms with Gasteiger partial charge in [0.25, 0.3) is 0 Å². The number of rotatable bonds is 6. The normalized spacial score (nSPS) is 16.8. The quantitative estimate of drug-likeness (QED) is 0.475. The molecule has 0 bridgehead atoms. The Bertz CT molecular complexity index is 1020. The van der Waals surface area contributed by atoms with Crippen LogP contribution in [0.1, 0.15) is 53.6 Å². The second-order valence-electron chi connectivity index (χ2n) is 7.88. The summed E-state index contributed by atoms with van der Waals surface area (Å²) in [5, 5.41) is 20.5. The Morgan fingerprint density at radius 2 is 2.06 bits per heavy atom. The maximum absolute atomic E-state index is 12.5. The van der Waals surface area contributed by atoms with Gasteiger partial charge in [-0.05, 0) is 48.9 Å². The summed E-state index contributed by atoms with van der Waals surface area (Å²) in [6.45, 7) is -0.223. The number of aromatic amines is 1. The highest BCUT2D eigenvalue weighted by Crippen LogP contribution is 2.36. The van der Waals surface area contributed by atoms with Crippen LogP contribution in [-0.4, -0.2) is 28.0 Å². The average Bonchev–Trinajstić information content (AvgIpc) is 3.05. The Balaban J connectivity index is 1.48. The van der Waals surface area contributed by atoms with E-state index < -0.39 is 12.1 Å². The zero-order valence-electron chi connectivity index (χ0n) is 17.2. The Morgan fingerprint density at radius 3 is 2.84 bits per heavy atom. The van der Waals surface area contributed by atoms with Gasteiger partial charge < -0.3 is 15.2 Å². The van der Waals surface area contributed by atoms with Gasteiger partial charge in [0.05, 0.1) is 12.6 Å². The Labute approximate surface area is 186 Å². The van der Waals surface area contributed by atoms with Gasteiger partial charge in [-0.25, -0.2) is 4.79 Å². The van der Waals surface area contributed by atoms with Crippen molar-refractivity contribution < 1.29 is 14.6 Å². The fraction of sp³-hybridized carbons (Fsp3) is 0.333. The van der Waals surface area contributed by atoms with Crippen molar-refractivity contribution in [1.29, 1.82) is 0 Å². The maximum atomic E-state index is 12.5. The van der Waals surface area contributed by atoms with E-state index in [1.165, 1.54) is 5.56 Å². The molecule has 0 radical (unpaired) electrons. The molecule has 6 nitrogen and oxygen atoms in total. The first-order chi connectivity index (χ1) is 15.1. The standard InChI is InChI=1S/C24H26ClN3O3/c25-19-11-6-7-16(14-19)13-18-10-4-5-12-20-22(18)27-28-23(20)31-24(30)26-21(15-29)17-8-2-1-3-9-17/h1-3,6-9,11,14,18,21,29H,4-5,10,12-13,15H2,(H,26,30)(H,27,28)/t18-,21-/m0/s1. The Morgan fingerprint density at radius 1 is 1.23 bits per heavy atom. The molecule has 162 valence electrons. The summed E-state index contributed by atoms with van der Waals surface area (Å²) in [4.78, 5) is 12.5. The molecule has 2 atom stereocenters. The van der Waals surface area contributed by atoms with Crippen LogP contribution in [0.25, 0.3) is 0 Å². The largest absolute Gasteiger partial charge is 0.414 e. The number of fused-ring (bicyclic) bond motifs is 1. The molecule has 3 aromatic rings. The predicted octanol–water partition coefficient (Wildman–Crippen LogP) is 4.94. The van der Waals surface area contributed by atoms with Crippen molar-refractivity contribution in [2.75, 3.05) is 6.61 Å². The number of H-pyrrole nitrogens is 1. The van der Waals surface area contributed by atoms with Crippen LogP contribution in [0.3, 0.4) is 0 Å². The number of ether oxygens (including phenoxy) is 1. The second kappa shape index (κ2) is 9.98. The SMILES string of the molecule is O=C(N[C@@H](CO)c1ccccc1)Oc1n[nH]c2c1CCCC[C@H]2Cc1cccc(Cl)c1. The third-order valence-electron chi connectivity index (χ3n) is 5.74. The molecule has 0 spiro atoms. The summed E-state index contributed by atoms with van der Waals surface area (Å²) in [7, 11) is 0. The molecule has 0 fully saturated rings. The number of carbonyl (C=O) groups is 1. The van der Waals surface area contributed by atoms with Gasteiger partial charge in [-0.3, -0.25) is 5.10 Å². The molecule has 1 amide bonds. The van der Waals surface area contributed by atoms with Crippen LogP contribution in [0.5, 0.6) is 5.88 Å². The first-order valence-electron chi connectivity index (χ1n) is 10.6. The van der Waals surface area contributed by atoms with E-state index in [4.69, 9.17) is 16.3 Å². The van der Waals surface area contributed by atoms with Crippen molar-refractivity contribution in [1.82, 2.24) is 15.5 Å². The molecular formula is C24H26ClN3O3. The van der Waals surface area contributed by atoms with Crippen molar-refractivity contribution in [3.8, 4) is 5.88 Å². The monoisotopic (exact) mass is 439 g/mol. The average molecular weight is 440 g/mol. The minimum Gasteiger partial charge on any atom is -0.394 e. The lowest BCUT2D eigenvalue weighted by molar-refractivity contribution is 0.181. The molecule has 31 heavy (non-hydrogen) atoms. The Hall–Kier alpha value is -2.83. The summed E-state index contributed by atoms with van der Waals surface area (Å²) in [5.41, 5.74) is 3.97. The number of hydrogen-bond acceptors (Lipinski definition) is 4. The van der Waals surface area contributed by atoms with Crippen molar-refractivity contribution in [2.24, 2.45) is 0 Å². The van der Waals surface area contributed by atoms with Gasteiger partial charge in [0.1, 0.15) is 0 Å². The third kappa shape index (κ3) is 5.27. The van der Waals surface area contributed by atoms with Crippen molar-refractivity contribution in [3.05, 3.63) is 82.0 Å². The van der Waals surface area contributed by atoms with Crippen molar-refractivity contribution in [3.63, 3.8) is 0 Å². The molecule has 1 aliphatic carbocycles. The molecule has 1 heterocycles. The number of aliphatic hydroxyl groups excluding tert-OH is 1. The van der Waals surface area contributed by atoms with Gasteiger partial charge in [0, 0.05) is 22.2 Å². The minimum absolute atomic E-state index is 0.223. The minimum atomic E-state index is -0.632. The van der Waals surface area contributed by atoms with E-state index in [0.29, 0.717) is 5.88 Å². The van der Waals surface area contributed by atoms with Crippen LogP contribution in [0.15, 0.2) is 54.6 Å². The first kappa shape index (κ1) is 21.4. The number of halogens is 1. The summed E-state index contributed by atoms with van der Waals surface area (Å²) in [6.07, 6.45) is 4.17. The molecule has 0 saturated carbocycles. The van der Waals surface area contributed by atoms with Crippen molar-refractivity contribution >= 4 is 17.7 Å². The predicted molar refractivity (Wildman–Crippen MR) is 119 cm³/mol. The maximum Gasteiger partial charge on any atom is 0.414 e. The summed E-state index contributed by atoms with van der Waals surface area (Å²) < 4.78 is 5.56. The van der Waals surface area contributed by atoms with E-state index in [0.717, 1.165) is 53.9 Å².